The van der Waals surface area contributed by atoms with E-state index >= 15 is 0 Å². The number of aryl methyl sites for hydroxylation is 1. The molecule has 0 saturated carbocycles. The predicted molar refractivity (Wildman–Crippen MR) is 128 cm³/mol. The van der Waals surface area contributed by atoms with Crippen LogP contribution in [-0.2, 0) is 6.42 Å². The normalized spacial score (nSPS) is 16.5. The van der Waals surface area contributed by atoms with E-state index in [1.807, 2.05) is 46.1 Å². The SMILES string of the molecule is CC.CC.CNc1cccc(CC2=CC=CC3C(c4cc(C)cs4)=CN=C23)c1. The summed E-state index contributed by atoms with van der Waals surface area (Å²) in [6.07, 6.45) is 9.62. The van der Waals surface area contributed by atoms with Crippen molar-refractivity contribution in [3.05, 3.63) is 81.7 Å². The first-order valence-electron chi connectivity index (χ1n) is 10.2. The van der Waals surface area contributed by atoms with Crippen LogP contribution in [0.2, 0.25) is 0 Å². The maximum Gasteiger partial charge on any atom is 0.0552 e. The Labute approximate surface area is 174 Å². The number of hydrogen-bond donors (Lipinski definition) is 1. The fourth-order valence-corrected chi connectivity index (χ4v) is 4.25. The fourth-order valence-electron chi connectivity index (χ4n) is 3.30. The zero-order valence-electron chi connectivity index (χ0n) is 17.9. The third-order valence-corrected chi connectivity index (χ3v) is 5.62. The minimum atomic E-state index is 0.301. The third kappa shape index (κ3) is 4.90. The Hall–Kier alpha value is -2.39. The Morgan fingerprint density at radius 1 is 1.11 bits per heavy atom. The zero-order valence-corrected chi connectivity index (χ0v) is 18.7. The smallest absolute Gasteiger partial charge is 0.0552 e. The van der Waals surface area contributed by atoms with Gasteiger partial charge in [0.05, 0.1) is 5.71 Å². The van der Waals surface area contributed by atoms with Crippen molar-refractivity contribution < 1.29 is 0 Å². The summed E-state index contributed by atoms with van der Waals surface area (Å²) in [7, 11) is 1.96. The standard InChI is InChI=1S/C21H20N2S.2C2H6/c1-14-9-20(24-13-14)19-12-23-21-16(6-4-8-18(19)21)10-15-5-3-7-17(11-15)22-2;2*1-2/h3-9,11-13,18,22H,10H2,1-2H3;2*1-2H3. The van der Waals surface area contributed by atoms with Crippen LogP contribution in [0.3, 0.4) is 0 Å². The maximum absolute atomic E-state index is 4.77. The summed E-state index contributed by atoms with van der Waals surface area (Å²) < 4.78 is 0. The number of thiophene rings is 1. The lowest BCUT2D eigenvalue weighted by Gasteiger charge is -2.19. The molecule has 0 amide bonds. The highest BCUT2D eigenvalue weighted by atomic mass is 32.1. The van der Waals surface area contributed by atoms with Gasteiger partial charge < -0.3 is 5.32 Å². The van der Waals surface area contributed by atoms with Gasteiger partial charge in [-0.3, -0.25) is 4.99 Å². The van der Waals surface area contributed by atoms with E-state index in [0.717, 1.165) is 12.1 Å². The minimum Gasteiger partial charge on any atom is -0.388 e. The van der Waals surface area contributed by atoms with E-state index in [1.165, 1.54) is 32.9 Å². The molecule has 2 heterocycles. The number of rotatable bonds is 4. The van der Waals surface area contributed by atoms with Gasteiger partial charge in [0.1, 0.15) is 0 Å². The number of aliphatic imine (C=N–C) groups is 1. The van der Waals surface area contributed by atoms with Crippen LogP contribution in [0.5, 0.6) is 0 Å². The quantitative estimate of drug-likeness (QED) is 0.580. The monoisotopic (exact) mass is 392 g/mol. The maximum atomic E-state index is 4.77. The van der Waals surface area contributed by atoms with Crippen molar-refractivity contribution in [2.45, 2.75) is 41.0 Å². The molecule has 1 N–H and O–H groups in total. The summed E-state index contributed by atoms with van der Waals surface area (Å²) in [5, 5.41) is 5.42. The third-order valence-electron chi connectivity index (χ3n) is 4.53. The van der Waals surface area contributed by atoms with E-state index in [-0.39, 0.29) is 0 Å². The Morgan fingerprint density at radius 3 is 2.57 bits per heavy atom. The van der Waals surface area contributed by atoms with Gasteiger partial charge in [0.25, 0.3) is 0 Å². The van der Waals surface area contributed by atoms with E-state index in [9.17, 15) is 0 Å². The molecule has 1 unspecified atom stereocenters. The van der Waals surface area contributed by atoms with Crippen molar-refractivity contribution >= 4 is 28.3 Å². The lowest BCUT2D eigenvalue weighted by molar-refractivity contribution is 1.11. The molecule has 1 aliphatic heterocycles. The van der Waals surface area contributed by atoms with Crippen molar-refractivity contribution in [2.24, 2.45) is 10.9 Å². The summed E-state index contributed by atoms with van der Waals surface area (Å²) in [4.78, 5) is 6.10. The Morgan fingerprint density at radius 2 is 1.89 bits per heavy atom. The zero-order chi connectivity index (χ0) is 20.5. The van der Waals surface area contributed by atoms with Crippen LogP contribution >= 0.6 is 11.3 Å². The molecule has 1 aromatic carbocycles. The molecule has 0 radical (unpaired) electrons. The molecule has 4 rings (SSSR count). The molecule has 0 spiro atoms. The molecule has 0 bridgehead atoms. The van der Waals surface area contributed by atoms with Crippen molar-refractivity contribution in [3.8, 4) is 0 Å². The van der Waals surface area contributed by atoms with Crippen LogP contribution in [0.15, 0.2) is 70.7 Å². The molecule has 3 heteroatoms. The van der Waals surface area contributed by atoms with Crippen molar-refractivity contribution in [2.75, 3.05) is 12.4 Å². The largest absolute Gasteiger partial charge is 0.388 e. The highest BCUT2D eigenvalue weighted by molar-refractivity contribution is 7.11. The molecule has 0 saturated heterocycles. The van der Waals surface area contributed by atoms with Gasteiger partial charge in [-0.15, -0.1) is 11.3 Å². The average molecular weight is 393 g/mol. The van der Waals surface area contributed by atoms with E-state index in [0.29, 0.717) is 5.92 Å². The number of hydrogen-bond acceptors (Lipinski definition) is 3. The van der Waals surface area contributed by atoms with Gasteiger partial charge in [-0.1, -0.05) is 58.1 Å². The first-order valence-corrected chi connectivity index (χ1v) is 11.1. The van der Waals surface area contributed by atoms with E-state index in [4.69, 9.17) is 4.99 Å². The van der Waals surface area contributed by atoms with Crippen molar-refractivity contribution in [1.29, 1.82) is 0 Å². The number of nitrogens with zero attached hydrogens (tertiary/aromatic N) is 1. The van der Waals surface area contributed by atoms with E-state index in [1.54, 1.807) is 0 Å². The number of nitrogens with one attached hydrogen (secondary N) is 1. The molecule has 2 aliphatic rings. The van der Waals surface area contributed by atoms with Gasteiger partial charge >= 0.3 is 0 Å². The average Bonchev–Trinajstić information content (AvgIpc) is 3.38. The van der Waals surface area contributed by atoms with E-state index < -0.39 is 0 Å². The predicted octanol–water partition coefficient (Wildman–Crippen LogP) is 7.30. The lowest BCUT2D eigenvalue weighted by Crippen LogP contribution is -2.17. The van der Waals surface area contributed by atoms with Gasteiger partial charge in [0.15, 0.2) is 0 Å². The molecule has 0 fully saturated rings. The molecule has 2 nitrogen and oxygen atoms in total. The Kier molecular flexibility index (Phi) is 8.46. The van der Waals surface area contributed by atoms with Crippen molar-refractivity contribution in [1.82, 2.24) is 0 Å². The van der Waals surface area contributed by atoms with Gasteiger partial charge in [0, 0.05) is 35.3 Å². The number of fused-ring (bicyclic) bond motifs is 1. The Balaban J connectivity index is 0.000000660. The number of benzene rings is 1. The van der Waals surface area contributed by atoms with Gasteiger partial charge in [-0.25, -0.2) is 0 Å². The second-order valence-corrected chi connectivity index (χ2v) is 7.18. The van der Waals surface area contributed by atoms with Gasteiger partial charge in [-0.2, -0.15) is 0 Å². The topological polar surface area (TPSA) is 24.4 Å². The molecular weight excluding hydrogens is 360 g/mol. The minimum absolute atomic E-state index is 0.301. The van der Waals surface area contributed by atoms with Gasteiger partial charge in [-0.05, 0) is 53.6 Å². The van der Waals surface area contributed by atoms with Crippen LogP contribution in [0.1, 0.15) is 43.7 Å². The lowest BCUT2D eigenvalue weighted by atomic mass is 9.85. The molecule has 28 heavy (non-hydrogen) atoms. The summed E-state index contributed by atoms with van der Waals surface area (Å²) in [5.74, 6) is 0.301. The van der Waals surface area contributed by atoms with Gasteiger partial charge in [0.2, 0.25) is 0 Å². The summed E-state index contributed by atoms with van der Waals surface area (Å²) in [6, 6.07) is 10.8. The first-order chi connectivity index (χ1) is 13.7. The highest BCUT2D eigenvalue weighted by Crippen LogP contribution is 2.38. The number of allylic oxidation sites excluding steroid dienone is 5. The Bertz CT molecular complexity index is 897. The second kappa shape index (κ2) is 10.8. The summed E-state index contributed by atoms with van der Waals surface area (Å²) in [5.41, 5.74) is 7.63. The second-order valence-electron chi connectivity index (χ2n) is 6.27. The van der Waals surface area contributed by atoms with Crippen LogP contribution in [0, 0.1) is 12.8 Å². The molecule has 148 valence electrons. The number of anilines is 1. The first kappa shape index (κ1) is 21.9. The van der Waals surface area contributed by atoms with Crippen LogP contribution in [-0.4, -0.2) is 12.8 Å². The summed E-state index contributed by atoms with van der Waals surface area (Å²) in [6.45, 7) is 10.1. The molecule has 1 atom stereocenters. The molecular formula is C25H32N2S. The van der Waals surface area contributed by atoms with Crippen LogP contribution in [0.25, 0.3) is 5.57 Å². The van der Waals surface area contributed by atoms with Crippen LogP contribution < -0.4 is 5.32 Å². The van der Waals surface area contributed by atoms with Crippen molar-refractivity contribution in [3.63, 3.8) is 0 Å². The fraction of sp³-hybridized carbons (Fsp3) is 0.320. The van der Waals surface area contributed by atoms with E-state index in [2.05, 4.69) is 72.4 Å². The molecule has 2 aromatic rings. The molecule has 1 aromatic heterocycles. The highest BCUT2D eigenvalue weighted by Gasteiger charge is 2.28. The molecule has 1 aliphatic carbocycles. The van der Waals surface area contributed by atoms with Crippen LogP contribution in [0.4, 0.5) is 5.69 Å². The summed E-state index contributed by atoms with van der Waals surface area (Å²) >= 11 is 1.81.